The Bertz CT molecular complexity index is 585. The van der Waals surface area contributed by atoms with Crippen LogP contribution in [0, 0.1) is 0 Å². The number of hydrogen-bond acceptors (Lipinski definition) is 10. The van der Waals surface area contributed by atoms with E-state index in [1.165, 1.54) is 6.92 Å². The Morgan fingerprint density at radius 2 is 1.68 bits per heavy atom. The van der Waals surface area contributed by atoms with Crippen LogP contribution in [0.15, 0.2) is 0 Å². The number of carboxylic acids is 1. The molecule has 0 aromatic carbocycles. The summed E-state index contributed by atoms with van der Waals surface area (Å²) >= 11 is 0. The molecular weight excluding hydrogens is 382 g/mol. The first-order valence-electron chi connectivity index (χ1n) is 8.72. The van der Waals surface area contributed by atoms with Crippen LogP contribution >= 0.6 is 0 Å². The molecule has 7 N–H and O–H groups in total. The topological polar surface area (TPSA) is 195 Å². The van der Waals surface area contributed by atoms with Crippen molar-refractivity contribution in [1.82, 2.24) is 5.32 Å². The second kappa shape index (κ2) is 8.55. The third-order valence-corrected chi connectivity index (χ3v) is 4.89. The average molecular weight is 409 g/mol. The van der Waals surface area contributed by atoms with Crippen LogP contribution in [0.2, 0.25) is 0 Å². The van der Waals surface area contributed by atoms with Gasteiger partial charge in [0.15, 0.2) is 12.4 Å². The van der Waals surface area contributed by atoms with Gasteiger partial charge in [0.05, 0.1) is 18.2 Å². The van der Waals surface area contributed by atoms with Crippen LogP contribution < -0.4 is 5.32 Å². The molecule has 2 fully saturated rings. The van der Waals surface area contributed by atoms with E-state index in [4.69, 9.17) is 19.3 Å². The number of aliphatic hydroxyl groups excluding tert-OH is 5. The highest BCUT2D eigenvalue weighted by Crippen LogP contribution is 2.33. The van der Waals surface area contributed by atoms with Crippen molar-refractivity contribution in [2.75, 3.05) is 6.61 Å². The Balaban J connectivity index is 2.32. The standard InChI is InChI=1S/C16H27NO11/c1-5(19)17-13-11(7(20)6(4-18)28-16(13,2)3)26-15-10(23)8(21)9(22)12(27-15)14(24)25/h6-13,15,18,20-23H,4H2,1-3H3,(H,17,19)(H,24,25). The Morgan fingerprint density at radius 1 is 1.07 bits per heavy atom. The lowest BCUT2D eigenvalue weighted by molar-refractivity contribution is -0.331. The summed E-state index contributed by atoms with van der Waals surface area (Å²) in [5.74, 6) is -2.07. The van der Waals surface area contributed by atoms with Gasteiger partial charge in [-0.05, 0) is 13.8 Å². The fraction of sp³-hybridized carbons (Fsp3) is 0.875. The zero-order valence-electron chi connectivity index (χ0n) is 15.6. The quantitative estimate of drug-likeness (QED) is 0.236. The maximum Gasteiger partial charge on any atom is 0.335 e. The number of rotatable bonds is 5. The lowest BCUT2D eigenvalue weighted by atomic mass is 9.84. The van der Waals surface area contributed by atoms with E-state index < -0.39 is 79.1 Å². The van der Waals surface area contributed by atoms with E-state index in [0.717, 1.165) is 0 Å². The molecule has 12 heteroatoms. The first-order valence-corrected chi connectivity index (χ1v) is 8.72. The normalized spacial score (nSPS) is 43.4. The second-order valence-electron chi connectivity index (χ2n) is 7.45. The third kappa shape index (κ3) is 4.44. The fourth-order valence-electron chi connectivity index (χ4n) is 3.44. The van der Waals surface area contributed by atoms with Gasteiger partial charge in [0.25, 0.3) is 0 Å². The smallest absolute Gasteiger partial charge is 0.335 e. The first kappa shape index (κ1) is 22.9. The maximum atomic E-state index is 11.6. The van der Waals surface area contributed by atoms with E-state index in [1.807, 2.05) is 0 Å². The molecule has 9 atom stereocenters. The van der Waals surface area contributed by atoms with Gasteiger partial charge >= 0.3 is 5.97 Å². The van der Waals surface area contributed by atoms with Crippen molar-refractivity contribution in [3.05, 3.63) is 0 Å². The summed E-state index contributed by atoms with van der Waals surface area (Å²) in [7, 11) is 0. The van der Waals surface area contributed by atoms with Crippen LogP contribution in [-0.2, 0) is 23.8 Å². The van der Waals surface area contributed by atoms with E-state index in [1.54, 1.807) is 13.8 Å². The summed E-state index contributed by atoms with van der Waals surface area (Å²) in [5, 5.41) is 61.5. The number of aliphatic hydroxyl groups is 5. The second-order valence-corrected chi connectivity index (χ2v) is 7.45. The SMILES string of the molecule is CC(=O)NC1C(OC2OC(C(=O)O)C(O)C(O)C2O)C(O)C(CO)OC1(C)C. The molecule has 12 nitrogen and oxygen atoms in total. The van der Waals surface area contributed by atoms with Crippen molar-refractivity contribution in [3.8, 4) is 0 Å². The molecule has 9 unspecified atom stereocenters. The van der Waals surface area contributed by atoms with Gasteiger partial charge in [0, 0.05) is 6.92 Å². The molecule has 2 saturated heterocycles. The molecular formula is C16H27NO11. The third-order valence-electron chi connectivity index (χ3n) is 4.89. The molecule has 2 heterocycles. The molecule has 2 aliphatic rings. The number of carbonyl (C=O) groups excluding carboxylic acids is 1. The number of nitrogens with one attached hydrogen (secondary N) is 1. The number of carbonyl (C=O) groups is 2. The van der Waals surface area contributed by atoms with Gasteiger partial charge in [0.2, 0.25) is 5.91 Å². The van der Waals surface area contributed by atoms with Gasteiger partial charge in [0.1, 0.15) is 36.6 Å². The predicted molar refractivity (Wildman–Crippen MR) is 88.8 cm³/mol. The molecule has 0 aromatic rings. The minimum atomic E-state index is -1.90. The molecule has 0 aliphatic carbocycles. The number of amides is 1. The lowest BCUT2D eigenvalue weighted by Crippen LogP contribution is -2.70. The van der Waals surface area contributed by atoms with Crippen LogP contribution in [0.3, 0.4) is 0 Å². The van der Waals surface area contributed by atoms with Crippen LogP contribution in [0.1, 0.15) is 20.8 Å². The van der Waals surface area contributed by atoms with E-state index in [9.17, 15) is 35.1 Å². The highest BCUT2D eigenvalue weighted by atomic mass is 16.7. The number of carboxylic acid groups (broad SMARTS) is 1. The minimum Gasteiger partial charge on any atom is -0.479 e. The van der Waals surface area contributed by atoms with Crippen molar-refractivity contribution in [2.45, 2.75) is 81.4 Å². The summed E-state index contributed by atoms with van der Waals surface area (Å²) in [6.07, 6.45) is -13.2. The molecule has 0 bridgehead atoms. The summed E-state index contributed by atoms with van der Waals surface area (Å²) in [6, 6.07) is -0.981. The molecule has 0 spiro atoms. The van der Waals surface area contributed by atoms with Crippen molar-refractivity contribution >= 4 is 11.9 Å². The molecule has 2 aliphatic heterocycles. The van der Waals surface area contributed by atoms with E-state index in [-0.39, 0.29) is 0 Å². The zero-order chi connectivity index (χ0) is 21.4. The Kier molecular flexibility index (Phi) is 6.99. The Labute approximate surface area is 160 Å². The van der Waals surface area contributed by atoms with Crippen LogP contribution in [0.4, 0.5) is 0 Å². The first-order chi connectivity index (χ1) is 12.9. The van der Waals surface area contributed by atoms with Crippen molar-refractivity contribution in [2.24, 2.45) is 0 Å². The molecule has 2 rings (SSSR count). The van der Waals surface area contributed by atoms with Gasteiger partial charge < -0.3 is 50.2 Å². The maximum absolute atomic E-state index is 11.6. The minimum absolute atomic E-state index is 0.478. The van der Waals surface area contributed by atoms with Gasteiger partial charge in [-0.1, -0.05) is 0 Å². The Morgan fingerprint density at radius 3 is 2.18 bits per heavy atom. The van der Waals surface area contributed by atoms with Gasteiger partial charge in [-0.3, -0.25) is 4.79 Å². The van der Waals surface area contributed by atoms with Gasteiger partial charge in [-0.15, -0.1) is 0 Å². The van der Waals surface area contributed by atoms with Crippen molar-refractivity contribution in [1.29, 1.82) is 0 Å². The van der Waals surface area contributed by atoms with E-state index in [0.29, 0.717) is 0 Å². The summed E-state index contributed by atoms with van der Waals surface area (Å²) in [5.41, 5.74) is -1.13. The summed E-state index contributed by atoms with van der Waals surface area (Å²) in [4.78, 5) is 22.8. The van der Waals surface area contributed by atoms with E-state index >= 15 is 0 Å². The predicted octanol–water partition coefficient (Wildman–Crippen LogP) is -3.70. The van der Waals surface area contributed by atoms with Crippen LogP contribution in [0.25, 0.3) is 0 Å². The van der Waals surface area contributed by atoms with Crippen LogP contribution in [-0.4, -0.2) is 110 Å². The van der Waals surface area contributed by atoms with Crippen LogP contribution in [0.5, 0.6) is 0 Å². The number of ether oxygens (including phenoxy) is 3. The molecule has 0 saturated carbocycles. The largest absolute Gasteiger partial charge is 0.479 e. The van der Waals surface area contributed by atoms with Gasteiger partial charge in [-0.25, -0.2) is 4.79 Å². The highest BCUT2D eigenvalue weighted by molar-refractivity contribution is 5.74. The fourth-order valence-corrected chi connectivity index (χ4v) is 3.44. The molecule has 1 amide bonds. The number of aliphatic carboxylic acids is 1. The monoisotopic (exact) mass is 409 g/mol. The highest BCUT2D eigenvalue weighted by Gasteiger charge is 2.54. The van der Waals surface area contributed by atoms with Crippen molar-refractivity contribution < 1.29 is 54.4 Å². The number of hydrogen-bond donors (Lipinski definition) is 7. The zero-order valence-corrected chi connectivity index (χ0v) is 15.6. The summed E-state index contributed by atoms with van der Waals surface area (Å²) in [6.45, 7) is 3.80. The molecule has 28 heavy (non-hydrogen) atoms. The van der Waals surface area contributed by atoms with Gasteiger partial charge in [-0.2, -0.15) is 0 Å². The average Bonchev–Trinajstić information content (AvgIpc) is 2.60. The summed E-state index contributed by atoms with van der Waals surface area (Å²) < 4.78 is 16.3. The molecule has 0 aromatic heterocycles. The van der Waals surface area contributed by atoms with E-state index in [2.05, 4.69) is 5.32 Å². The lowest BCUT2D eigenvalue weighted by Gasteiger charge is -2.50. The molecule has 0 radical (unpaired) electrons. The van der Waals surface area contributed by atoms with Crippen molar-refractivity contribution in [3.63, 3.8) is 0 Å². The Hall–Kier alpha value is -1.38. The molecule has 162 valence electrons.